The third-order valence-corrected chi connectivity index (χ3v) is 6.00. The Hall–Kier alpha value is -3.61. The lowest BCUT2D eigenvalue weighted by molar-refractivity contribution is 0.306. The summed E-state index contributed by atoms with van der Waals surface area (Å²) in [6.07, 6.45) is 2.26. The fourth-order valence-corrected chi connectivity index (χ4v) is 4.25. The first kappa shape index (κ1) is 23.5. The van der Waals surface area contributed by atoms with Crippen molar-refractivity contribution in [2.75, 3.05) is 0 Å². The maximum atomic E-state index is 13.2. The van der Waals surface area contributed by atoms with E-state index in [0.29, 0.717) is 37.4 Å². The van der Waals surface area contributed by atoms with Crippen LogP contribution in [-0.2, 0) is 32.7 Å². The summed E-state index contributed by atoms with van der Waals surface area (Å²) in [6.45, 7) is 7.97. The molecule has 0 atom stereocenters. The maximum Gasteiger partial charge on any atom is 0.332 e. The summed E-state index contributed by atoms with van der Waals surface area (Å²) in [6, 6.07) is 18.1. The summed E-state index contributed by atoms with van der Waals surface area (Å²) in [7, 11) is 0. The van der Waals surface area contributed by atoms with Gasteiger partial charge in [0.15, 0.2) is 11.2 Å². The van der Waals surface area contributed by atoms with Crippen LogP contribution in [0.15, 0.2) is 64.2 Å². The highest BCUT2D eigenvalue weighted by Crippen LogP contribution is 2.17. The van der Waals surface area contributed by atoms with Gasteiger partial charge < -0.3 is 9.30 Å². The molecule has 0 bridgehead atoms. The zero-order valence-corrected chi connectivity index (χ0v) is 20.2. The fraction of sp³-hybridized carbons (Fsp3) is 0.370. The first-order valence-electron chi connectivity index (χ1n) is 12.0. The quantitative estimate of drug-likeness (QED) is 0.354. The Morgan fingerprint density at radius 3 is 2.15 bits per heavy atom. The van der Waals surface area contributed by atoms with Gasteiger partial charge in [-0.05, 0) is 49.4 Å². The van der Waals surface area contributed by atoms with Crippen LogP contribution in [0.1, 0.15) is 43.6 Å². The van der Waals surface area contributed by atoms with Gasteiger partial charge in [0.05, 0.1) is 0 Å². The number of hydrogen-bond acceptors (Lipinski definition) is 4. The minimum atomic E-state index is -0.267. The van der Waals surface area contributed by atoms with E-state index in [9.17, 15) is 9.59 Å². The second-order valence-corrected chi connectivity index (χ2v) is 8.54. The van der Waals surface area contributed by atoms with E-state index in [0.717, 1.165) is 42.0 Å². The zero-order valence-electron chi connectivity index (χ0n) is 20.2. The molecule has 0 fully saturated rings. The molecule has 2 heterocycles. The molecular weight excluding hydrogens is 428 g/mol. The molecule has 0 aliphatic carbocycles. The SMILES string of the molecule is CCCn1c(=O)c2c(nc(C)n2CCc2ccc(OCc3ccccc3)cc2)n(CCC)c1=O. The van der Waals surface area contributed by atoms with Gasteiger partial charge in [0.1, 0.15) is 18.2 Å². The van der Waals surface area contributed by atoms with Crippen molar-refractivity contribution in [2.45, 2.75) is 66.3 Å². The topological polar surface area (TPSA) is 71.0 Å². The number of ether oxygens (including phenoxy) is 1. The van der Waals surface area contributed by atoms with E-state index in [1.165, 1.54) is 4.57 Å². The summed E-state index contributed by atoms with van der Waals surface area (Å²) in [5.41, 5.74) is 2.76. The van der Waals surface area contributed by atoms with Gasteiger partial charge in [-0.3, -0.25) is 13.9 Å². The molecule has 178 valence electrons. The van der Waals surface area contributed by atoms with Crippen LogP contribution in [0.5, 0.6) is 5.75 Å². The van der Waals surface area contributed by atoms with Gasteiger partial charge >= 0.3 is 5.69 Å². The number of fused-ring (bicyclic) bond motifs is 1. The molecule has 0 radical (unpaired) electrons. The minimum absolute atomic E-state index is 0.250. The summed E-state index contributed by atoms with van der Waals surface area (Å²) in [5.74, 6) is 1.57. The van der Waals surface area contributed by atoms with Gasteiger partial charge in [0.2, 0.25) is 0 Å². The van der Waals surface area contributed by atoms with Crippen LogP contribution in [0.4, 0.5) is 0 Å². The van der Waals surface area contributed by atoms with E-state index < -0.39 is 0 Å². The molecule has 0 aliphatic heterocycles. The van der Waals surface area contributed by atoms with Crippen molar-refractivity contribution in [1.29, 1.82) is 0 Å². The number of rotatable bonds is 10. The van der Waals surface area contributed by atoms with E-state index in [2.05, 4.69) is 17.1 Å². The Morgan fingerprint density at radius 2 is 1.47 bits per heavy atom. The standard InChI is InChI=1S/C27H32N4O3/c1-4-16-30-25-24(26(32)31(17-5-2)27(30)33)29(20(3)28-25)18-15-21-11-13-23(14-12-21)34-19-22-9-7-6-8-10-22/h6-14H,4-5,15-19H2,1-3H3. The van der Waals surface area contributed by atoms with Crippen LogP contribution in [0.25, 0.3) is 11.2 Å². The average molecular weight is 461 g/mol. The molecule has 0 aliphatic rings. The van der Waals surface area contributed by atoms with E-state index in [4.69, 9.17) is 4.74 Å². The van der Waals surface area contributed by atoms with E-state index in [1.807, 2.05) is 67.8 Å². The molecule has 7 heteroatoms. The van der Waals surface area contributed by atoms with E-state index in [-0.39, 0.29) is 11.2 Å². The highest BCUT2D eigenvalue weighted by Gasteiger charge is 2.19. The van der Waals surface area contributed by atoms with Crippen LogP contribution >= 0.6 is 0 Å². The molecule has 7 nitrogen and oxygen atoms in total. The molecular formula is C27H32N4O3. The molecule has 0 spiro atoms. The predicted octanol–water partition coefficient (Wildman–Crippen LogP) is 4.31. The average Bonchev–Trinajstić information content (AvgIpc) is 3.19. The van der Waals surface area contributed by atoms with Gasteiger partial charge in [-0.25, -0.2) is 9.78 Å². The second kappa shape index (κ2) is 10.5. The maximum absolute atomic E-state index is 13.2. The van der Waals surface area contributed by atoms with Crippen molar-refractivity contribution in [2.24, 2.45) is 0 Å². The Labute approximate surface area is 199 Å². The van der Waals surface area contributed by atoms with Gasteiger partial charge in [0.25, 0.3) is 5.56 Å². The third-order valence-electron chi connectivity index (χ3n) is 6.00. The monoisotopic (exact) mass is 460 g/mol. The van der Waals surface area contributed by atoms with Crippen LogP contribution < -0.4 is 16.0 Å². The summed E-state index contributed by atoms with van der Waals surface area (Å²) in [5, 5.41) is 0. The number of aryl methyl sites for hydroxylation is 4. The smallest absolute Gasteiger partial charge is 0.332 e. The number of benzene rings is 2. The van der Waals surface area contributed by atoms with Gasteiger partial charge in [-0.2, -0.15) is 0 Å². The van der Waals surface area contributed by atoms with Crippen LogP contribution in [0.2, 0.25) is 0 Å². The van der Waals surface area contributed by atoms with Crippen molar-refractivity contribution in [3.8, 4) is 5.75 Å². The molecule has 0 unspecified atom stereocenters. The molecule has 4 rings (SSSR count). The van der Waals surface area contributed by atoms with Crippen LogP contribution in [0, 0.1) is 6.92 Å². The van der Waals surface area contributed by atoms with Crippen molar-refractivity contribution >= 4 is 11.2 Å². The molecule has 34 heavy (non-hydrogen) atoms. The fourth-order valence-electron chi connectivity index (χ4n) is 4.25. The van der Waals surface area contributed by atoms with Crippen molar-refractivity contribution in [3.05, 3.63) is 92.4 Å². The third kappa shape index (κ3) is 4.83. The van der Waals surface area contributed by atoms with Crippen molar-refractivity contribution < 1.29 is 4.74 Å². The van der Waals surface area contributed by atoms with Gasteiger partial charge in [-0.15, -0.1) is 0 Å². The van der Waals surface area contributed by atoms with Gasteiger partial charge in [-0.1, -0.05) is 56.3 Å². The Bertz CT molecular complexity index is 1370. The molecule has 0 saturated heterocycles. The molecule has 2 aromatic heterocycles. The molecule has 0 saturated carbocycles. The lowest BCUT2D eigenvalue weighted by atomic mass is 10.1. The highest BCUT2D eigenvalue weighted by atomic mass is 16.5. The Kier molecular flexibility index (Phi) is 7.30. The number of hydrogen-bond donors (Lipinski definition) is 0. The van der Waals surface area contributed by atoms with E-state index >= 15 is 0 Å². The Morgan fingerprint density at radius 1 is 0.794 bits per heavy atom. The molecule has 0 N–H and O–H groups in total. The lowest BCUT2D eigenvalue weighted by Gasteiger charge is -2.12. The zero-order chi connectivity index (χ0) is 24.1. The summed E-state index contributed by atoms with van der Waals surface area (Å²) >= 11 is 0. The first-order chi connectivity index (χ1) is 16.5. The number of imidazole rings is 1. The molecule has 0 amide bonds. The largest absolute Gasteiger partial charge is 0.489 e. The lowest BCUT2D eigenvalue weighted by Crippen LogP contribution is -2.40. The summed E-state index contributed by atoms with van der Waals surface area (Å²) < 4.78 is 10.8. The van der Waals surface area contributed by atoms with Crippen molar-refractivity contribution in [3.63, 3.8) is 0 Å². The van der Waals surface area contributed by atoms with Crippen LogP contribution in [-0.4, -0.2) is 18.7 Å². The van der Waals surface area contributed by atoms with E-state index in [1.54, 1.807) is 4.57 Å². The molecule has 4 aromatic rings. The predicted molar refractivity (Wildman–Crippen MR) is 134 cm³/mol. The van der Waals surface area contributed by atoms with Crippen molar-refractivity contribution in [1.82, 2.24) is 18.7 Å². The Balaban J connectivity index is 1.56. The summed E-state index contributed by atoms with van der Waals surface area (Å²) in [4.78, 5) is 30.8. The number of nitrogens with zero attached hydrogens (tertiary/aromatic N) is 4. The minimum Gasteiger partial charge on any atom is -0.489 e. The molecule has 2 aromatic carbocycles. The van der Waals surface area contributed by atoms with Crippen LogP contribution in [0.3, 0.4) is 0 Å². The second-order valence-electron chi connectivity index (χ2n) is 8.54. The first-order valence-corrected chi connectivity index (χ1v) is 12.0. The van der Waals surface area contributed by atoms with Gasteiger partial charge in [0, 0.05) is 19.6 Å². The highest BCUT2D eigenvalue weighted by molar-refractivity contribution is 5.71. The normalized spacial score (nSPS) is 11.3. The number of aromatic nitrogens is 4.